The van der Waals surface area contributed by atoms with E-state index >= 15 is 0 Å². The molecule has 0 saturated carbocycles. The van der Waals surface area contributed by atoms with Gasteiger partial charge < -0.3 is 25.0 Å². The summed E-state index contributed by atoms with van der Waals surface area (Å²) in [5, 5.41) is 5.60. The van der Waals surface area contributed by atoms with Gasteiger partial charge in [0, 0.05) is 30.4 Å². The number of anilines is 2. The van der Waals surface area contributed by atoms with E-state index in [9.17, 15) is 9.59 Å². The topological polar surface area (TPSA) is 79.9 Å². The largest absolute Gasteiger partial charge is 0.493 e. The quantitative estimate of drug-likeness (QED) is 0.864. The molecule has 2 aromatic carbocycles. The molecule has 0 unspecified atom stereocenters. The van der Waals surface area contributed by atoms with E-state index in [1.807, 2.05) is 18.2 Å². The van der Waals surface area contributed by atoms with Crippen LogP contribution in [0.3, 0.4) is 0 Å². The van der Waals surface area contributed by atoms with Crippen LogP contribution in [0.4, 0.5) is 16.2 Å². The number of nitrogens with one attached hydrogen (secondary N) is 2. The fourth-order valence-corrected chi connectivity index (χ4v) is 2.92. The van der Waals surface area contributed by atoms with Gasteiger partial charge in [0.05, 0.1) is 20.3 Å². The molecule has 1 aliphatic rings. The molecular weight excluding hydrogens is 334 g/mol. The van der Waals surface area contributed by atoms with E-state index in [1.165, 1.54) is 0 Å². The fraction of sp³-hybridized carbons (Fsp3) is 0.263. The van der Waals surface area contributed by atoms with Crippen molar-refractivity contribution in [3.63, 3.8) is 0 Å². The van der Waals surface area contributed by atoms with Gasteiger partial charge >= 0.3 is 6.03 Å². The van der Waals surface area contributed by atoms with Gasteiger partial charge in [-0.3, -0.25) is 4.79 Å². The van der Waals surface area contributed by atoms with Crippen molar-refractivity contribution in [1.29, 1.82) is 0 Å². The zero-order valence-corrected chi connectivity index (χ0v) is 14.7. The molecule has 0 radical (unpaired) electrons. The Hall–Kier alpha value is -3.22. The zero-order chi connectivity index (χ0) is 18.5. The van der Waals surface area contributed by atoms with Crippen molar-refractivity contribution >= 4 is 23.3 Å². The smallest absolute Gasteiger partial charge is 0.319 e. The van der Waals surface area contributed by atoms with Crippen molar-refractivity contribution in [3.8, 4) is 11.5 Å². The molecule has 1 saturated heterocycles. The van der Waals surface area contributed by atoms with Crippen LogP contribution >= 0.6 is 0 Å². The molecule has 0 bridgehead atoms. The Morgan fingerprint density at radius 1 is 1.08 bits per heavy atom. The van der Waals surface area contributed by atoms with Crippen molar-refractivity contribution in [2.24, 2.45) is 0 Å². The maximum absolute atomic E-state index is 12.4. The minimum atomic E-state index is -0.330. The lowest BCUT2D eigenvalue weighted by molar-refractivity contribution is -0.117. The predicted molar refractivity (Wildman–Crippen MR) is 98.9 cm³/mol. The first-order valence-corrected chi connectivity index (χ1v) is 8.25. The van der Waals surface area contributed by atoms with Gasteiger partial charge in [0.25, 0.3) is 0 Å². The van der Waals surface area contributed by atoms with Crippen molar-refractivity contribution in [2.45, 2.75) is 12.5 Å². The molecule has 0 spiro atoms. The first-order chi connectivity index (χ1) is 12.6. The summed E-state index contributed by atoms with van der Waals surface area (Å²) in [5.41, 5.74) is 1.41. The number of carbonyl (C=O) groups excluding carboxylic acids is 2. The van der Waals surface area contributed by atoms with E-state index in [2.05, 4.69) is 10.6 Å². The molecule has 0 aromatic heterocycles. The number of ether oxygens (including phenoxy) is 2. The third kappa shape index (κ3) is 3.88. The number of rotatable bonds is 5. The number of carbonyl (C=O) groups is 2. The molecule has 1 heterocycles. The van der Waals surface area contributed by atoms with Crippen molar-refractivity contribution in [3.05, 3.63) is 48.5 Å². The lowest BCUT2D eigenvalue weighted by Crippen LogP contribution is -2.39. The predicted octanol–water partition coefficient (Wildman–Crippen LogP) is 2.63. The Morgan fingerprint density at radius 3 is 2.50 bits per heavy atom. The summed E-state index contributed by atoms with van der Waals surface area (Å²) in [6.07, 6.45) is 0.247. The van der Waals surface area contributed by atoms with E-state index < -0.39 is 0 Å². The van der Waals surface area contributed by atoms with Crippen LogP contribution in [0, 0.1) is 0 Å². The second-order valence-corrected chi connectivity index (χ2v) is 5.91. The van der Waals surface area contributed by atoms with Crippen molar-refractivity contribution in [1.82, 2.24) is 5.32 Å². The Morgan fingerprint density at radius 2 is 1.81 bits per heavy atom. The summed E-state index contributed by atoms with van der Waals surface area (Å²) in [6.45, 7) is 0.399. The van der Waals surface area contributed by atoms with Crippen LogP contribution in [0.2, 0.25) is 0 Å². The molecule has 3 amide bonds. The third-order valence-corrected chi connectivity index (χ3v) is 4.17. The van der Waals surface area contributed by atoms with Crippen LogP contribution in [-0.4, -0.2) is 38.7 Å². The molecular formula is C19H21N3O4. The summed E-state index contributed by atoms with van der Waals surface area (Å²) in [7, 11) is 3.11. The van der Waals surface area contributed by atoms with Gasteiger partial charge in [-0.15, -0.1) is 0 Å². The van der Waals surface area contributed by atoms with Gasteiger partial charge in [-0.2, -0.15) is 0 Å². The SMILES string of the molecule is COc1ccc(N2C[C@H](NC(=O)Nc3ccccc3)CC2=O)cc1OC. The van der Waals surface area contributed by atoms with E-state index in [0.29, 0.717) is 29.4 Å². The molecule has 3 rings (SSSR count). The maximum atomic E-state index is 12.4. The van der Waals surface area contributed by atoms with Crippen LogP contribution in [0.25, 0.3) is 0 Å². The fourth-order valence-electron chi connectivity index (χ4n) is 2.92. The van der Waals surface area contributed by atoms with Crippen molar-refractivity contribution in [2.75, 3.05) is 31.0 Å². The number of amides is 3. The van der Waals surface area contributed by atoms with Gasteiger partial charge in [0.1, 0.15) is 0 Å². The second kappa shape index (κ2) is 7.77. The number of nitrogens with zero attached hydrogens (tertiary/aromatic N) is 1. The molecule has 7 heteroatoms. The van der Waals surface area contributed by atoms with Crippen LogP contribution < -0.4 is 25.0 Å². The molecule has 1 aliphatic heterocycles. The van der Waals surface area contributed by atoms with Crippen LogP contribution in [0.5, 0.6) is 11.5 Å². The first-order valence-electron chi connectivity index (χ1n) is 8.25. The van der Waals surface area contributed by atoms with E-state index in [0.717, 1.165) is 0 Å². The Kier molecular flexibility index (Phi) is 5.26. The second-order valence-electron chi connectivity index (χ2n) is 5.91. The molecule has 7 nitrogen and oxygen atoms in total. The average Bonchev–Trinajstić information content (AvgIpc) is 3.01. The lowest BCUT2D eigenvalue weighted by Gasteiger charge is -2.19. The molecule has 1 fully saturated rings. The highest BCUT2D eigenvalue weighted by Crippen LogP contribution is 2.33. The van der Waals surface area contributed by atoms with E-state index in [-0.39, 0.29) is 24.4 Å². The van der Waals surface area contributed by atoms with E-state index in [1.54, 1.807) is 49.5 Å². The minimum Gasteiger partial charge on any atom is -0.493 e. The summed E-state index contributed by atoms with van der Waals surface area (Å²) >= 11 is 0. The number of benzene rings is 2. The Balaban J connectivity index is 1.64. The van der Waals surface area contributed by atoms with Crippen molar-refractivity contribution < 1.29 is 19.1 Å². The lowest BCUT2D eigenvalue weighted by atomic mass is 10.2. The van der Waals surface area contributed by atoms with Gasteiger partial charge in [-0.05, 0) is 24.3 Å². The van der Waals surface area contributed by atoms with E-state index in [4.69, 9.17) is 9.47 Å². The maximum Gasteiger partial charge on any atom is 0.319 e. The number of methoxy groups -OCH3 is 2. The molecule has 2 N–H and O–H groups in total. The molecule has 1 atom stereocenters. The number of hydrogen-bond acceptors (Lipinski definition) is 4. The molecule has 2 aromatic rings. The summed E-state index contributed by atoms with van der Waals surface area (Å²) in [6, 6.07) is 13.9. The summed E-state index contributed by atoms with van der Waals surface area (Å²) < 4.78 is 10.5. The highest BCUT2D eigenvalue weighted by molar-refractivity contribution is 5.98. The molecule has 26 heavy (non-hydrogen) atoms. The van der Waals surface area contributed by atoms with Crippen LogP contribution in [0.15, 0.2) is 48.5 Å². The monoisotopic (exact) mass is 355 g/mol. The third-order valence-electron chi connectivity index (χ3n) is 4.17. The Labute approximate surface area is 151 Å². The zero-order valence-electron chi connectivity index (χ0n) is 14.7. The minimum absolute atomic E-state index is 0.0535. The number of hydrogen-bond donors (Lipinski definition) is 2. The normalized spacial score (nSPS) is 16.3. The number of para-hydroxylation sites is 1. The first kappa shape index (κ1) is 17.6. The number of urea groups is 1. The van der Waals surface area contributed by atoms with Crippen LogP contribution in [-0.2, 0) is 4.79 Å². The summed E-state index contributed by atoms with van der Waals surface area (Å²) in [4.78, 5) is 26.1. The highest BCUT2D eigenvalue weighted by Gasteiger charge is 2.32. The van der Waals surface area contributed by atoms with Gasteiger partial charge in [0.2, 0.25) is 5.91 Å². The average molecular weight is 355 g/mol. The van der Waals surface area contributed by atoms with Gasteiger partial charge in [0.15, 0.2) is 11.5 Å². The Bertz CT molecular complexity index is 795. The molecule has 0 aliphatic carbocycles. The highest BCUT2D eigenvalue weighted by atomic mass is 16.5. The van der Waals surface area contributed by atoms with Crippen LogP contribution in [0.1, 0.15) is 6.42 Å². The van der Waals surface area contributed by atoms with Gasteiger partial charge in [-0.25, -0.2) is 4.79 Å². The van der Waals surface area contributed by atoms with Gasteiger partial charge in [-0.1, -0.05) is 18.2 Å². The standard InChI is InChI=1S/C19H21N3O4/c1-25-16-9-8-15(11-17(16)26-2)22-12-14(10-18(22)23)21-19(24)20-13-6-4-3-5-7-13/h3-9,11,14H,10,12H2,1-2H3,(H2,20,21,24)/t14-/m1/s1. The summed E-state index contributed by atoms with van der Waals surface area (Å²) in [5.74, 6) is 1.10. The molecule has 136 valence electrons.